The molecule has 2 amide bonds. The van der Waals surface area contributed by atoms with Crippen LogP contribution < -0.4 is 15.4 Å². The van der Waals surface area contributed by atoms with Gasteiger partial charge in [-0.3, -0.25) is 9.59 Å². The Balaban J connectivity index is 1.53. The van der Waals surface area contributed by atoms with Gasteiger partial charge in [-0.2, -0.15) is 0 Å². The summed E-state index contributed by atoms with van der Waals surface area (Å²) in [4.78, 5) is 24.8. The van der Waals surface area contributed by atoms with Gasteiger partial charge in [0.15, 0.2) is 0 Å². The third-order valence-electron chi connectivity index (χ3n) is 5.76. The van der Waals surface area contributed by atoms with E-state index >= 15 is 0 Å². The third kappa shape index (κ3) is 6.30. The van der Waals surface area contributed by atoms with E-state index in [0.29, 0.717) is 16.8 Å². The van der Waals surface area contributed by atoms with Gasteiger partial charge in [0.2, 0.25) is 15.9 Å². The van der Waals surface area contributed by atoms with Gasteiger partial charge in [0, 0.05) is 17.8 Å². The van der Waals surface area contributed by atoms with E-state index in [4.69, 9.17) is 0 Å². The summed E-state index contributed by atoms with van der Waals surface area (Å²) >= 11 is 0. The Labute approximate surface area is 200 Å². The maximum Gasteiger partial charge on any atom is 0.251 e. The van der Waals surface area contributed by atoms with Crippen LogP contribution in [-0.4, -0.2) is 26.8 Å². The fourth-order valence-corrected chi connectivity index (χ4v) is 4.36. The number of carbonyl (C=O) groups is 2. The average molecular weight is 480 g/mol. The van der Waals surface area contributed by atoms with Crippen LogP contribution in [0.15, 0.2) is 65.6 Å². The van der Waals surface area contributed by atoms with Crippen LogP contribution in [0.3, 0.4) is 0 Å². The highest BCUT2D eigenvalue weighted by Gasteiger charge is 2.15. The molecule has 3 aromatic carbocycles. The molecule has 0 saturated heterocycles. The lowest BCUT2D eigenvalue weighted by atomic mass is 10.1. The number of hydrogen-bond acceptors (Lipinski definition) is 4. The highest BCUT2D eigenvalue weighted by molar-refractivity contribution is 7.89. The maximum absolute atomic E-state index is 12.6. The monoisotopic (exact) mass is 479 g/mol. The summed E-state index contributed by atoms with van der Waals surface area (Å²) in [6, 6.07) is 17.2. The number of benzene rings is 3. The molecule has 7 nitrogen and oxygen atoms in total. The van der Waals surface area contributed by atoms with E-state index in [1.807, 2.05) is 45.9 Å². The molecule has 0 aliphatic carbocycles. The van der Waals surface area contributed by atoms with Crippen molar-refractivity contribution in [3.8, 4) is 0 Å². The van der Waals surface area contributed by atoms with E-state index in [9.17, 15) is 18.0 Å². The second kappa shape index (κ2) is 10.6. The van der Waals surface area contributed by atoms with Crippen LogP contribution in [0.1, 0.15) is 38.2 Å². The minimum atomic E-state index is -3.65. The lowest BCUT2D eigenvalue weighted by Gasteiger charge is -2.11. The molecule has 0 atom stereocenters. The molecular weight excluding hydrogens is 450 g/mol. The van der Waals surface area contributed by atoms with Crippen molar-refractivity contribution in [3.05, 3.63) is 94.0 Å². The second-order valence-corrected chi connectivity index (χ2v) is 10.0. The zero-order valence-electron chi connectivity index (χ0n) is 19.7. The summed E-state index contributed by atoms with van der Waals surface area (Å²) in [7, 11) is -3.65. The average Bonchev–Trinajstić information content (AvgIpc) is 2.81. The molecule has 0 unspecified atom stereocenters. The molecule has 0 bridgehead atoms. The van der Waals surface area contributed by atoms with Crippen molar-refractivity contribution in [2.45, 2.75) is 39.1 Å². The first-order valence-corrected chi connectivity index (χ1v) is 12.4. The van der Waals surface area contributed by atoms with Crippen LogP contribution in [0.25, 0.3) is 0 Å². The van der Waals surface area contributed by atoms with E-state index in [1.54, 1.807) is 42.5 Å². The molecule has 0 fully saturated rings. The highest BCUT2D eigenvalue weighted by Crippen LogP contribution is 2.18. The van der Waals surface area contributed by atoms with Gasteiger partial charge in [0.05, 0.1) is 11.4 Å². The molecule has 34 heavy (non-hydrogen) atoms. The molecule has 0 saturated carbocycles. The number of rotatable bonds is 8. The summed E-state index contributed by atoms with van der Waals surface area (Å²) in [5.41, 5.74) is 5.77. The number of sulfonamides is 1. The van der Waals surface area contributed by atoms with Crippen molar-refractivity contribution in [2.24, 2.45) is 0 Å². The predicted octanol–water partition coefficient (Wildman–Crippen LogP) is 3.77. The first-order valence-electron chi connectivity index (χ1n) is 10.9. The van der Waals surface area contributed by atoms with Crippen LogP contribution in [0.4, 0.5) is 5.69 Å². The lowest BCUT2D eigenvalue weighted by molar-refractivity contribution is -0.115. The number of amides is 2. The first-order chi connectivity index (χ1) is 16.1. The van der Waals surface area contributed by atoms with Crippen LogP contribution in [0, 0.1) is 27.7 Å². The van der Waals surface area contributed by atoms with Gasteiger partial charge in [-0.1, -0.05) is 30.3 Å². The van der Waals surface area contributed by atoms with Gasteiger partial charge < -0.3 is 10.6 Å². The minimum Gasteiger partial charge on any atom is -0.343 e. The van der Waals surface area contributed by atoms with Gasteiger partial charge in [-0.25, -0.2) is 13.1 Å². The Morgan fingerprint density at radius 1 is 0.824 bits per heavy atom. The Morgan fingerprint density at radius 2 is 1.53 bits per heavy atom. The van der Waals surface area contributed by atoms with E-state index in [0.717, 1.165) is 22.3 Å². The van der Waals surface area contributed by atoms with Crippen LogP contribution in [0.2, 0.25) is 0 Å². The van der Waals surface area contributed by atoms with Crippen molar-refractivity contribution in [1.29, 1.82) is 0 Å². The summed E-state index contributed by atoms with van der Waals surface area (Å²) in [5.74, 6) is -0.710. The fourth-order valence-electron chi connectivity index (χ4n) is 3.26. The molecule has 3 rings (SSSR count). The number of aryl methyl sites for hydroxylation is 3. The molecule has 0 aromatic heterocycles. The summed E-state index contributed by atoms with van der Waals surface area (Å²) in [6.45, 7) is 7.61. The fraction of sp³-hybridized carbons (Fsp3) is 0.231. The third-order valence-corrected chi connectivity index (χ3v) is 7.16. The van der Waals surface area contributed by atoms with Gasteiger partial charge in [-0.15, -0.1) is 0 Å². The summed E-state index contributed by atoms with van der Waals surface area (Å²) < 4.78 is 27.7. The van der Waals surface area contributed by atoms with Gasteiger partial charge in [0.25, 0.3) is 5.91 Å². The number of hydrogen-bond donors (Lipinski definition) is 3. The maximum atomic E-state index is 12.6. The van der Waals surface area contributed by atoms with Crippen molar-refractivity contribution in [1.82, 2.24) is 10.0 Å². The lowest BCUT2D eigenvalue weighted by Crippen LogP contribution is -2.33. The van der Waals surface area contributed by atoms with Crippen molar-refractivity contribution < 1.29 is 18.0 Å². The molecule has 0 spiro atoms. The number of carbonyl (C=O) groups excluding carboxylic acids is 2. The van der Waals surface area contributed by atoms with Crippen LogP contribution in [-0.2, 0) is 21.4 Å². The quantitative estimate of drug-likeness (QED) is 0.457. The molecule has 8 heteroatoms. The van der Waals surface area contributed by atoms with E-state index in [1.165, 1.54) is 0 Å². The Morgan fingerprint density at radius 3 is 2.21 bits per heavy atom. The Hall–Kier alpha value is -3.49. The molecular formula is C26H29N3O4S. The molecule has 0 aliphatic heterocycles. The van der Waals surface area contributed by atoms with Gasteiger partial charge in [-0.05, 0) is 85.8 Å². The molecule has 178 valence electrons. The molecule has 3 aromatic rings. The van der Waals surface area contributed by atoms with Crippen LogP contribution in [0.5, 0.6) is 0 Å². The minimum absolute atomic E-state index is 0.0927. The normalized spacial score (nSPS) is 11.2. The van der Waals surface area contributed by atoms with E-state index < -0.39 is 15.9 Å². The van der Waals surface area contributed by atoms with Gasteiger partial charge >= 0.3 is 0 Å². The SMILES string of the molecule is Cc1ccc(S(=O)(=O)NCc2ccc(C(=O)NCC(=O)Nc3cccc(C)c3C)cc2)cc1C. The second-order valence-electron chi connectivity index (χ2n) is 8.25. The largest absolute Gasteiger partial charge is 0.343 e. The summed E-state index contributed by atoms with van der Waals surface area (Å²) in [5, 5.41) is 5.40. The van der Waals surface area contributed by atoms with E-state index in [-0.39, 0.29) is 23.9 Å². The topological polar surface area (TPSA) is 104 Å². The number of nitrogens with one attached hydrogen (secondary N) is 3. The van der Waals surface area contributed by atoms with Crippen molar-refractivity contribution in [2.75, 3.05) is 11.9 Å². The van der Waals surface area contributed by atoms with Crippen molar-refractivity contribution in [3.63, 3.8) is 0 Å². The molecule has 0 heterocycles. The standard InChI is InChI=1S/C26H29N3O4S/c1-17-8-13-23(14-19(17)3)34(32,33)28-15-21-9-11-22(12-10-21)26(31)27-16-25(30)29-24-7-5-6-18(2)20(24)4/h5-14,28H,15-16H2,1-4H3,(H,27,31)(H,29,30). The smallest absolute Gasteiger partial charge is 0.251 e. The number of anilines is 1. The Kier molecular flexibility index (Phi) is 7.86. The zero-order valence-corrected chi connectivity index (χ0v) is 20.5. The highest BCUT2D eigenvalue weighted by atomic mass is 32.2. The predicted molar refractivity (Wildman–Crippen MR) is 133 cm³/mol. The Bertz CT molecular complexity index is 1320. The van der Waals surface area contributed by atoms with Crippen molar-refractivity contribution >= 4 is 27.5 Å². The molecule has 0 radical (unpaired) electrons. The van der Waals surface area contributed by atoms with Gasteiger partial charge in [0.1, 0.15) is 0 Å². The van der Waals surface area contributed by atoms with E-state index in [2.05, 4.69) is 15.4 Å². The molecule has 3 N–H and O–H groups in total. The molecule has 0 aliphatic rings. The van der Waals surface area contributed by atoms with Crippen LogP contribution >= 0.6 is 0 Å². The first kappa shape index (κ1) is 25.1. The summed E-state index contributed by atoms with van der Waals surface area (Å²) in [6.07, 6.45) is 0. The zero-order chi connectivity index (χ0) is 24.9.